The first kappa shape index (κ1) is 13.6. The van der Waals surface area contributed by atoms with Crippen LogP contribution in [0.5, 0.6) is 0 Å². The van der Waals surface area contributed by atoms with E-state index in [1.807, 2.05) is 0 Å². The largest absolute Gasteiger partial charge is 0.417 e. The maximum absolute atomic E-state index is 12.4. The summed E-state index contributed by atoms with van der Waals surface area (Å²) in [6.07, 6.45) is -4.80. The molecule has 1 aromatic carbocycles. The van der Waals surface area contributed by atoms with E-state index in [9.17, 15) is 30.3 Å². The van der Waals surface area contributed by atoms with Gasteiger partial charge in [0.05, 0.1) is 5.56 Å². The van der Waals surface area contributed by atoms with E-state index in [1.54, 1.807) is 0 Å². The van der Waals surface area contributed by atoms with Gasteiger partial charge in [-0.05, 0) is 6.07 Å². The molecule has 1 rings (SSSR count). The molecular weight excluding hydrogens is 264 g/mol. The minimum atomic E-state index is -5.15. The molecule has 0 aliphatic carbocycles. The van der Waals surface area contributed by atoms with Crippen LogP contribution in [0.3, 0.4) is 0 Å². The Morgan fingerprint density at radius 2 is 1.71 bits per heavy atom. The number of hydrogen-bond donors (Lipinski definition) is 0. The summed E-state index contributed by atoms with van der Waals surface area (Å²) in [5.41, 5.74) is -2.14. The molecule has 0 unspecified atom stereocenters. The van der Waals surface area contributed by atoms with Crippen molar-refractivity contribution >= 4 is 16.0 Å². The topological polar surface area (TPSA) is 51.2 Å². The van der Waals surface area contributed by atoms with Gasteiger partial charge < -0.3 is 0 Å². The zero-order valence-electron chi connectivity index (χ0n) is 8.16. The average molecular weight is 270 g/mol. The predicted molar refractivity (Wildman–Crippen MR) is 50.7 cm³/mol. The van der Waals surface area contributed by atoms with Gasteiger partial charge >= 0.3 is 16.4 Å². The van der Waals surface area contributed by atoms with Gasteiger partial charge in [-0.15, -0.1) is 3.89 Å². The van der Waals surface area contributed by atoms with Crippen LogP contribution in [-0.4, -0.2) is 20.0 Å². The number of alkyl halides is 3. The summed E-state index contributed by atoms with van der Waals surface area (Å²) in [5.74, 6) is -3.03. The Hall–Kier alpha value is -1.44. The second-order valence-electron chi connectivity index (χ2n) is 3.15. The van der Waals surface area contributed by atoms with E-state index in [0.717, 1.165) is 18.2 Å². The molecule has 0 amide bonds. The number of halogens is 4. The minimum absolute atomic E-state index is 0.623. The molecule has 17 heavy (non-hydrogen) atoms. The Morgan fingerprint density at radius 1 is 1.18 bits per heavy atom. The quantitative estimate of drug-likeness (QED) is 0.480. The van der Waals surface area contributed by atoms with Gasteiger partial charge in [0, 0.05) is 5.56 Å². The summed E-state index contributed by atoms with van der Waals surface area (Å²) < 4.78 is 70.0. The molecule has 0 aliphatic rings. The molecule has 1 aromatic rings. The van der Waals surface area contributed by atoms with Crippen LogP contribution in [0.4, 0.5) is 17.1 Å². The smallest absolute Gasteiger partial charge is 0.293 e. The zero-order valence-corrected chi connectivity index (χ0v) is 8.98. The molecule has 0 aliphatic heterocycles. The van der Waals surface area contributed by atoms with Crippen LogP contribution in [0.1, 0.15) is 15.9 Å². The highest BCUT2D eigenvalue weighted by atomic mass is 32.3. The van der Waals surface area contributed by atoms with Crippen LogP contribution >= 0.6 is 0 Å². The van der Waals surface area contributed by atoms with E-state index in [0.29, 0.717) is 6.07 Å². The highest BCUT2D eigenvalue weighted by molar-refractivity contribution is 7.87. The Balaban J connectivity index is 3.19. The van der Waals surface area contributed by atoms with Crippen molar-refractivity contribution in [2.45, 2.75) is 6.18 Å². The Labute approximate surface area is 94.3 Å². The monoisotopic (exact) mass is 270 g/mol. The minimum Gasteiger partial charge on any atom is -0.293 e. The first-order chi connectivity index (χ1) is 7.61. The lowest BCUT2D eigenvalue weighted by Gasteiger charge is -2.10. The molecule has 3 nitrogen and oxygen atoms in total. The van der Waals surface area contributed by atoms with Crippen molar-refractivity contribution in [3.63, 3.8) is 0 Å². The van der Waals surface area contributed by atoms with Gasteiger partial charge in [-0.3, -0.25) is 4.79 Å². The van der Waals surface area contributed by atoms with Gasteiger partial charge in [-0.25, -0.2) is 0 Å². The molecular formula is C9H6F4O3S. The lowest BCUT2D eigenvalue weighted by atomic mass is 10.0. The summed E-state index contributed by atoms with van der Waals surface area (Å²) in [6, 6.07) is 3.60. The second-order valence-corrected chi connectivity index (χ2v) is 4.52. The lowest BCUT2D eigenvalue weighted by Crippen LogP contribution is -2.18. The molecule has 0 fully saturated rings. The molecule has 0 spiro atoms. The maximum atomic E-state index is 12.4. The molecule has 94 valence electrons. The third kappa shape index (κ3) is 3.81. The maximum Gasteiger partial charge on any atom is 0.417 e. The normalized spacial score (nSPS) is 12.5. The van der Waals surface area contributed by atoms with Crippen molar-refractivity contribution in [1.82, 2.24) is 0 Å². The number of Topliss-reactive ketones (excluding diaryl/α,β-unsaturated/α-hetero) is 1. The zero-order chi connectivity index (χ0) is 13.3. The third-order valence-electron chi connectivity index (χ3n) is 1.84. The first-order valence-electron chi connectivity index (χ1n) is 4.23. The van der Waals surface area contributed by atoms with Crippen LogP contribution in [0.25, 0.3) is 0 Å². The summed E-state index contributed by atoms with van der Waals surface area (Å²) in [6.45, 7) is 0. The Morgan fingerprint density at radius 3 is 2.18 bits per heavy atom. The van der Waals surface area contributed by atoms with Gasteiger partial charge in [-0.2, -0.15) is 21.6 Å². The van der Waals surface area contributed by atoms with Crippen molar-refractivity contribution in [3.8, 4) is 0 Å². The van der Waals surface area contributed by atoms with Gasteiger partial charge in [0.2, 0.25) is 0 Å². The number of rotatable bonds is 3. The van der Waals surface area contributed by atoms with Crippen molar-refractivity contribution in [2.24, 2.45) is 0 Å². The van der Waals surface area contributed by atoms with Crippen LogP contribution in [-0.2, 0) is 16.4 Å². The Kier molecular flexibility index (Phi) is 3.56. The van der Waals surface area contributed by atoms with E-state index >= 15 is 0 Å². The highest BCUT2D eigenvalue weighted by Gasteiger charge is 2.35. The van der Waals surface area contributed by atoms with Crippen LogP contribution < -0.4 is 0 Å². The molecule has 0 saturated carbocycles. The fourth-order valence-corrected chi connectivity index (χ4v) is 1.68. The molecule has 0 bridgehead atoms. The predicted octanol–water partition coefficient (Wildman–Crippen LogP) is 2.19. The highest BCUT2D eigenvalue weighted by Crippen LogP contribution is 2.32. The number of carbonyl (C=O) groups is 1. The summed E-state index contributed by atoms with van der Waals surface area (Å²) >= 11 is 0. The molecule has 8 heteroatoms. The van der Waals surface area contributed by atoms with Crippen molar-refractivity contribution in [1.29, 1.82) is 0 Å². The van der Waals surface area contributed by atoms with Crippen molar-refractivity contribution < 1.29 is 30.3 Å². The van der Waals surface area contributed by atoms with Gasteiger partial charge in [0.15, 0.2) is 5.78 Å². The summed E-state index contributed by atoms with van der Waals surface area (Å²) in [4.78, 5) is 11.2. The Bertz CT molecular complexity index is 533. The number of ketones is 1. The summed E-state index contributed by atoms with van der Waals surface area (Å²) in [7, 11) is -5.15. The van der Waals surface area contributed by atoms with E-state index in [1.165, 1.54) is 0 Å². The number of carbonyl (C=O) groups excluding carboxylic acids is 1. The van der Waals surface area contributed by atoms with Crippen LogP contribution in [0.15, 0.2) is 24.3 Å². The summed E-state index contributed by atoms with van der Waals surface area (Å²) in [5, 5.41) is 0. The molecule has 0 heterocycles. The van der Waals surface area contributed by atoms with E-state index < -0.39 is 39.1 Å². The first-order valence-corrected chi connectivity index (χ1v) is 5.78. The van der Waals surface area contributed by atoms with E-state index in [4.69, 9.17) is 0 Å². The third-order valence-corrected chi connectivity index (χ3v) is 2.44. The van der Waals surface area contributed by atoms with Crippen molar-refractivity contribution in [2.75, 3.05) is 5.75 Å². The molecule has 0 saturated heterocycles. The lowest BCUT2D eigenvalue weighted by molar-refractivity contribution is -0.137. The fraction of sp³-hybridized carbons (Fsp3) is 0.222. The molecule has 0 atom stereocenters. The number of hydrogen-bond acceptors (Lipinski definition) is 3. The van der Waals surface area contributed by atoms with Gasteiger partial charge in [-0.1, -0.05) is 18.2 Å². The second kappa shape index (κ2) is 4.44. The van der Waals surface area contributed by atoms with Gasteiger partial charge in [0.25, 0.3) is 0 Å². The van der Waals surface area contributed by atoms with Crippen molar-refractivity contribution in [3.05, 3.63) is 35.4 Å². The van der Waals surface area contributed by atoms with Gasteiger partial charge in [0.1, 0.15) is 5.75 Å². The SMILES string of the molecule is O=C(CS(=O)(=O)F)c1ccccc1C(F)(F)F. The molecule has 0 N–H and O–H groups in total. The number of benzene rings is 1. The van der Waals surface area contributed by atoms with E-state index in [2.05, 4.69) is 0 Å². The standard InChI is InChI=1S/C9H6F4O3S/c10-9(11,12)7-4-2-1-3-6(7)8(14)5-17(13,15)16/h1-4H,5H2. The van der Waals surface area contributed by atoms with Crippen LogP contribution in [0, 0.1) is 0 Å². The average Bonchev–Trinajstić information content (AvgIpc) is 2.13. The molecule has 0 aromatic heterocycles. The molecule has 0 radical (unpaired) electrons. The van der Waals surface area contributed by atoms with Crippen LogP contribution in [0.2, 0.25) is 0 Å². The van der Waals surface area contributed by atoms with E-state index in [-0.39, 0.29) is 0 Å². The fourth-order valence-electron chi connectivity index (χ4n) is 1.21.